The number of ether oxygens (including phenoxy) is 2. The van der Waals surface area contributed by atoms with Crippen LogP contribution < -0.4 is 0 Å². The standard InChI is InChI=1S/C14H22O3/c1-10-4-5-11(6-7-15)12(8-10)13-9-16-14(2,3)17-13/h4,6,12-13,15H,5,7-9H2,1-3H3/b11-6+/t12?,13-/m1/s1. The van der Waals surface area contributed by atoms with Gasteiger partial charge in [0.2, 0.25) is 0 Å². The second-order valence-corrected chi connectivity index (χ2v) is 5.39. The van der Waals surface area contributed by atoms with Gasteiger partial charge in [-0.05, 0) is 33.6 Å². The molecule has 0 radical (unpaired) electrons. The van der Waals surface area contributed by atoms with E-state index in [1.165, 1.54) is 11.1 Å². The molecule has 1 N–H and O–H groups in total. The van der Waals surface area contributed by atoms with Crippen LogP contribution in [0, 0.1) is 5.92 Å². The zero-order chi connectivity index (χ0) is 12.5. The highest BCUT2D eigenvalue weighted by Gasteiger charge is 2.39. The summed E-state index contributed by atoms with van der Waals surface area (Å²) in [7, 11) is 0. The highest BCUT2D eigenvalue weighted by molar-refractivity contribution is 5.23. The van der Waals surface area contributed by atoms with E-state index in [1.807, 2.05) is 19.9 Å². The Bertz CT molecular complexity index is 341. The van der Waals surface area contributed by atoms with Crippen LogP contribution in [-0.4, -0.2) is 30.2 Å². The monoisotopic (exact) mass is 238 g/mol. The van der Waals surface area contributed by atoms with E-state index in [2.05, 4.69) is 13.0 Å². The summed E-state index contributed by atoms with van der Waals surface area (Å²) in [6.45, 7) is 6.81. The molecule has 2 rings (SSSR count). The summed E-state index contributed by atoms with van der Waals surface area (Å²) in [6.07, 6.45) is 6.21. The molecule has 0 aromatic carbocycles. The normalized spacial score (nSPS) is 35.1. The first-order valence-corrected chi connectivity index (χ1v) is 6.29. The van der Waals surface area contributed by atoms with Crippen molar-refractivity contribution in [2.45, 2.75) is 45.5 Å². The Hall–Kier alpha value is -0.640. The van der Waals surface area contributed by atoms with Gasteiger partial charge in [-0.25, -0.2) is 0 Å². The molecule has 0 bridgehead atoms. The zero-order valence-corrected chi connectivity index (χ0v) is 10.9. The lowest BCUT2D eigenvalue weighted by Gasteiger charge is -2.29. The molecule has 2 atom stereocenters. The summed E-state index contributed by atoms with van der Waals surface area (Å²) >= 11 is 0. The molecule has 2 aliphatic rings. The van der Waals surface area contributed by atoms with Crippen LogP contribution in [0.5, 0.6) is 0 Å². The van der Waals surface area contributed by atoms with Crippen molar-refractivity contribution >= 4 is 0 Å². The average molecular weight is 238 g/mol. The van der Waals surface area contributed by atoms with Crippen molar-refractivity contribution in [2.75, 3.05) is 13.2 Å². The molecule has 96 valence electrons. The molecular weight excluding hydrogens is 216 g/mol. The van der Waals surface area contributed by atoms with E-state index >= 15 is 0 Å². The molecule has 1 unspecified atom stereocenters. The van der Waals surface area contributed by atoms with Crippen LogP contribution in [-0.2, 0) is 9.47 Å². The maximum Gasteiger partial charge on any atom is 0.163 e. The smallest absolute Gasteiger partial charge is 0.163 e. The SMILES string of the molecule is CC1=CC/C(=C\CO)C([C@H]2COC(C)(C)O2)C1. The molecule has 1 fully saturated rings. The number of rotatable bonds is 2. The summed E-state index contributed by atoms with van der Waals surface area (Å²) in [5, 5.41) is 9.08. The minimum atomic E-state index is -0.468. The molecule has 1 aliphatic heterocycles. The van der Waals surface area contributed by atoms with Crippen LogP contribution in [0.4, 0.5) is 0 Å². The van der Waals surface area contributed by atoms with E-state index in [4.69, 9.17) is 14.6 Å². The van der Waals surface area contributed by atoms with Crippen molar-refractivity contribution in [2.24, 2.45) is 5.92 Å². The lowest BCUT2D eigenvalue weighted by molar-refractivity contribution is -0.142. The first-order valence-electron chi connectivity index (χ1n) is 6.29. The number of aliphatic hydroxyl groups is 1. The maximum absolute atomic E-state index is 9.08. The van der Waals surface area contributed by atoms with Crippen LogP contribution in [0.1, 0.15) is 33.6 Å². The van der Waals surface area contributed by atoms with Crippen LogP contribution in [0.15, 0.2) is 23.3 Å². The van der Waals surface area contributed by atoms with Crippen molar-refractivity contribution in [3.8, 4) is 0 Å². The van der Waals surface area contributed by atoms with Crippen LogP contribution in [0.25, 0.3) is 0 Å². The Morgan fingerprint density at radius 1 is 1.53 bits per heavy atom. The summed E-state index contributed by atoms with van der Waals surface area (Å²) in [4.78, 5) is 0. The lowest BCUT2D eigenvalue weighted by Crippen LogP contribution is -2.29. The van der Waals surface area contributed by atoms with Gasteiger partial charge in [-0.15, -0.1) is 0 Å². The fraction of sp³-hybridized carbons (Fsp3) is 0.714. The fourth-order valence-electron chi connectivity index (χ4n) is 2.64. The molecule has 3 heteroatoms. The quantitative estimate of drug-likeness (QED) is 0.751. The van der Waals surface area contributed by atoms with Crippen molar-refractivity contribution in [3.63, 3.8) is 0 Å². The third kappa shape index (κ3) is 2.97. The molecular formula is C14H22O3. The minimum Gasteiger partial charge on any atom is -0.392 e. The van der Waals surface area contributed by atoms with Crippen molar-refractivity contribution in [1.82, 2.24) is 0 Å². The van der Waals surface area contributed by atoms with Gasteiger partial charge in [-0.2, -0.15) is 0 Å². The molecule has 1 aliphatic carbocycles. The highest BCUT2D eigenvalue weighted by atomic mass is 16.7. The predicted molar refractivity (Wildman–Crippen MR) is 66.6 cm³/mol. The van der Waals surface area contributed by atoms with Gasteiger partial charge < -0.3 is 14.6 Å². The van der Waals surface area contributed by atoms with Crippen molar-refractivity contribution in [1.29, 1.82) is 0 Å². The molecule has 0 spiro atoms. The van der Waals surface area contributed by atoms with Crippen LogP contribution in [0.3, 0.4) is 0 Å². The molecule has 1 heterocycles. The average Bonchev–Trinajstić information content (AvgIpc) is 2.62. The topological polar surface area (TPSA) is 38.7 Å². The van der Waals surface area contributed by atoms with E-state index in [-0.39, 0.29) is 12.7 Å². The highest BCUT2D eigenvalue weighted by Crippen LogP contribution is 2.37. The summed E-state index contributed by atoms with van der Waals surface area (Å²) in [5.74, 6) is -0.113. The van der Waals surface area contributed by atoms with E-state index in [0.29, 0.717) is 12.5 Å². The maximum atomic E-state index is 9.08. The van der Waals surface area contributed by atoms with Gasteiger partial charge >= 0.3 is 0 Å². The second kappa shape index (κ2) is 4.92. The molecule has 3 nitrogen and oxygen atoms in total. The Kier molecular flexibility index (Phi) is 3.71. The van der Waals surface area contributed by atoms with Gasteiger partial charge in [-0.3, -0.25) is 0 Å². The molecule has 17 heavy (non-hydrogen) atoms. The van der Waals surface area contributed by atoms with E-state index in [0.717, 1.165) is 12.8 Å². The molecule has 1 saturated heterocycles. The van der Waals surface area contributed by atoms with E-state index in [9.17, 15) is 0 Å². The number of hydrogen-bond acceptors (Lipinski definition) is 3. The molecule has 0 amide bonds. The van der Waals surface area contributed by atoms with Gasteiger partial charge in [0, 0.05) is 5.92 Å². The van der Waals surface area contributed by atoms with Gasteiger partial charge in [0.25, 0.3) is 0 Å². The van der Waals surface area contributed by atoms with Gasteiger partial charge in [0.05, 0.1) is 19.3 Å². The van der Waals surface area contributed by atoms with Crippen molar-refractivity contribution < 1.29 is 14.6 Å². The van der Waals surface area contributed by atoms with Crippen LogP contribution in [0.2, 0.25) is 0 Å². The third-order valence-corrected chi connectivity index (χ3v) is 3.54. The largest absolute Gasteiger partial charge is 0.392 e. The van der Waals surface area contributed by atoms with E-state index < -0.39 is 5.79 Å². The van der Waals surface area contributed by atoms with Gasteiger partial charge in [0.15, 0.2) is 5.79 Å². The Labute approximate surface area is 103 Å². The summed E-state index contributed by atoms with van der Waals surface area (Å²) in [6, 6.07) is 0. The van der Waals surface area contributed by atoms with Gasteiger partial charge in [-0.1, -0.05) is 23.3 Å². The minimum absolute atomic E-state index is 0.107. The van der Waals surface area contributed by atoms with Crippen LogP contribution >= 0.6 is 0 Å². The Morgan fingerprint density at radius 3 is 2.88 bits per heavy atom. The van der Waals surface area contributed by atoms with E-state index in [1.54, 1.807) is 0 Å². The molecule has 0 aromatic rings. The van der Waals surface area contributed by atoms with Gasteiger partial charge in [0.1, 0.15) is 0 Å². The Balaban J connectivity index is 2.12. The number of aliphatic hydroxyl groups excluding tert-OH is 1. The first-order chi connectivity index (χ1) is 8.02. The predicted octanol–water partition coefficient (Wildman–Crippen LogP) is 2.41. The lowest BCUT2D eigenvalue weighted by atomic mass is 9.81. The second-order valence-electron chi connectivity index (χ2n) is 5.39. The third-order valence-electron chi connectivity index (χ3n) is 3.54. The zero-order valence-electron chi connectivity index (χ0n) is 10.9. The summed E-state index contributed by atoms with van der Waals surface area (Å²) in [5.41, 5.74) is 2.68. The molecule has 0 saturated carbocycles. The first kappa shape index (κ1) is 12.8. The molecule has 0 aromatic heterocycles. The fourth-order valence-corrected chi connectivity index (χ4v) is 2.64. The Morgan fingerprint density at radius 2 is 2.29 bits per heavy atom. The number of hydrogen-bond donors (Lipinski definition) is 1. The van der Waals surface area contributed by atoms with Crippen molar-refractivity contribution in [3.05, 3.63) is 23.3 Å². The summed E-state index contributed by atoms with van der Waals surface area (Å²) < 4.78 is 11.6. The number of allylic oxidation sites excluding steroid dienone is 2.